The lowest BCUT2D eigenvalue weighted by Crippen LogP contribution is -2.51. The summed E-state index contributed by atoms with van der Waals surface area (Å²) in [6.07, 6.45) is 9.18. The van der Waals surface area contributed by atoms with E-state index >= 15 is 0 Å². The first kappa shape index (κ1) is 22.7. The number of benzene rings is 1. The van der Waals surface area contributed by atoms with Crippen LogP contribution in [0.25, 0.3) is 10.9 Å². The fourth-order valence-electron chi connectivity index (χ4n) is 6.07. The molecule has 34 heavy (non-hydrogen) atoms. The molecule has 2 unspecified atom stereocenters. The summed E-state index contributed by atoms with van der Waals surface area (Å²) in [5, 5.41) is 7.51. The van der Waals surface area contributed by atoms with Crippen LogP contribution in [0.15, 0.2) is 54.9 Å². The van der Waals surface area contributed by atoms with Crippen LogP contribution >= 0.6 is 0 Å². The summed E-state index contributed by atoms with van der Waals surface area (Å²) in [6, 6.07) is 13.7. The number of hydrogen-bond acceptors (Lipinski definition) is 3. The SMILES string of the molecule is CC1C[C@H](NC(=O)[C@@H]2CCCC[C@@H]2NC(=O)c2cc3ccccc3n2C)CC1(N)n1cccc1. The summed E-state index contributed by atoms with van der Waals surface area (Å²) in [5.74, 6) is -0.0527. The first-order chi connectivity index (χ1) is 16.4. The van der Waals surface area contributed by atoms with Crippen molar-refractivity contribution in [2.75, 3.05) is 0 Å². The highest BCUT2D eigenvalue weighted by Crippen LogP contribution is 2.38. The van der Waals surface area contributed by atoms with E-state index in [-0.39, 0.29) is 35.7 Å². The van der Waals surface area contributed by atoms with E-state index in [1.165, 1.54) is 0 Å². The number of nitrogens with one attached hydrogen (secondary N) is 2. The third kappa shape index (κ3) is 4.02. The maximum absolute atomic E-state index is 13.4. The number of para-hydroxylation sites is 1. The van der Waals surface area contributed by atoms with Gasteiger partial charge in [0.25, 0.3) is 5.91 Å². The van der Waals surface area contributed by atoms with Crippen molar-refractivity contribution in [2.45, 2.75) is 63.2 Å². The number of carbonyl (C=O) groups excluding carboxylic acids is 2. The van der Waals surface area contributed by atoms with Crippen molar-refractivity contribution in [1.82, 2.24) is 19.8 Å². The molecular weight excluding hydrogens is 426 g/mol. The lowest BCUT2D eigenvalue weighted by Gasteiger charge is -2.33. The fraction of sp³-hybridized carbons (Fsp3) is 0.481. The Morgan fingerprint density at radius 2 is 1.79 bits per heavy atom. The molecule has 4 N–H and O–H groups in total. The molecule has 0 radical (unpaired) electrons. The number of amides is 2. The Bertz CT molecular complexity index is 1180. The molecule has 7 heteroatoms. The predicted octanol–water partition coefficient (Wildman–Crippen LogP) is 3.49. The van der Waals surface area contributed by atoms with E-state index in [0.717, 1.165) is 43.0 Å². The van der Waals surface area contributed by atoms with Crippen LogP contribution < -0.4 is 16.4 Å². The van der Waals surface area contributed by atoms with Gasteiger partial charge in [-0.05, 0) is 49.4 Å². The Morgan fingerprint density at radius 1 is 1.06 bits per heavy atom. The van der Waals surface area contributed by atoms with Gasteiger partial charge in [-0.15, -0.1) is 0 Å². The van der Waals surface area contributed by atoms with Crippen LogP contribution in [0.3, 0.4) is 0 Å². The molecular formula is C27H35N5O2. The highest BCUT2D eigenvalue weighted by atomic mass is 16.2. The van der Waals surface area contributed by atoms with Gasteiger partial charge < -0.3 is 25.5 Å². The third-order valence-corrected chi connectivity index (χ3v) is 8.10. The number of carbonyl (C=O) groups is 2. The summed E-state index contributed by atoms with van der Waals surface area (Å²) < 4.78 is 3.99. The van der Waals surface area contributed by atoms with Crippen molar-refractivity contribution in [3.8, 4) is 0 Å². The quantitative estimate of drug-likeness (QED) is 0.543. The molecule has 2 fully saturated rings. The summed E-state index contributed by atoms with van der Waals surface area (Å²) >= 11 is 0. The maximum Gasteiger partial charge on any atom is 0.268 e. The third-order valence-electron chi connectivity index (χ3n) is 8.10. The summed E-state index contributed by atoms with van der Waals surface area (Å²) in [4.78, 5) is 26.6. The molecule has 1 aromatic carbocycles. The number of aromatic nitrogens is 2. The van der Waals surface area contributed by atoms with Crippen molar-refractivity contribution in [3.63, 3.8) is 0 Å². The molecule has 2 aliphatic rings. The lowest BCUT2D eigenvalue weighted by molar-refractivity contribution is -0.127. The number of nitrogens with zero attached hydrogens (tertiary/aromatic N) is 2. The number of nitrogens with two attached hydrogens (primary N) is 1. The van der Waals surface area contributed by atoms with Crippen LogP contribution in [-0.2, 0) is 17.5 Å². The molecule has 2 heterocycles. The largest absolute Gasteiger partial charge is 0.353 e. The summed E-state index contributed by atoms with van der Waals surface area (Å²) in [5.41, 5.74) is 7.92. The standard InChI is InChI=1S/C27H35N5O2/c1-18-15-20(17-27(18,28)32-13-7-8-14-32)29-25(33)21-10-4-5-11-22(21)30-26(34)24-16-19-9-3-6-12-23(19)31(24)2/h3,6-9,12-14,16,18,20-22H,4-5,10-11,15,17,28H2,1-2H3,(H,29,33)(H,30,34)/t18?,20-,21+,22-,27?/m0/s1. The van der Waals surface area contributed by atoms with Crippen LogP contribution in [0.5, 0.6) is 0 Å². The van der Waals surface area contributed by atoms with Crippen molar-refractivity contribution < 1.29 is 9.59 Å². The Morgan fingerprint density at radius 3 is 2.56 bits per heavy atom. The second-order valence-corrected chi connectivity index (χ2v) is 10.2. The number of rotatable bonds is 5. The van der Waals surface area contributed by atoms with Crippen LogP contribution in [0.4, 0.5) is 0 Å². The van der Waals surface area contributed by atoms with E-state index in [9.17, 15) is 9.59 Å². The molecule has 5 atom stereocenters. The molecule has 0 spiro atoms. The van der Waals surface area contributed by atoms with Crippen molar-refractivity contribution in [3.05, 3.63) is 60.6 Å². The van der Waals surface area contributed by atoms with Gasteiger partial charge in [0.2, 0.25) is 5.91 Å². The molecule has 2 aliphatic carbocycles. The van der Waals surface area contributed by atoms with Crippen molar-refractivity contribution in [2.24, 2.45) is 24.6 Å². The zero-order chi connectivity index (χ0) is 23.9. The van der Waals surface area contributed by atoms with E-state index in [2.05, 4.69) is 22.1 Å². The minimum atomic E-state index is -0.490. The van der Waals surface area contributed by atoms with E-state index in [4.69, 9.17) is 5.73 Å². The molecule has 5 rings (SSSR count). The smallest absolute Gasteiger partial charge is 0.268 e. The van der Waals surface area contributed by atoms with Crippen molar-refractivity contribution >= 4 is 22.7 Å². The van der Waals surface area contributed by atoms with E-state index in [1.54, 1.807) is 0 Å². The van der Waals surface area contributed by atoms with Gasteiger partial charge in [-0.1, -0.05) is 38.0 Å². The second-order valence-electron chi connectivity index (χ2n) is 10.2. The number of hydrogen-bond donors (Lipinski definition) is 3. The van der Waals surface area contributed by atoms with Gasteiger partial charge in [0.15, 0.2) is 0 Å². The predicted molar refractivity (Wildman–Crippen MR) is 133 cm³/mol. The summed E-state index contributed by atoms with van der Waals surface area (Å²) in [6.45, 7) is 2.15. The summed E-state index contributed by atoms with van der Waals surface area (Å²) in [7, 11) is 1.91. The van der Waals surface area contributed by atoms with Crippen LogP contribution in [0, 0.1) is 11.8 Å². The Labute approximate surface area is 200 Å². The van der Waals surface area contributed by atoms with E-state index in [0.29, 0.717) is 12.1 Å². The van der Waals surface area contributed by atoms with Crippen LogP contribution in [-0.4, -0.2) is 33.0 Å². The van der Waals surface area contributed by atoms with Gasteiger partial charge in [-0.3, -0.25) is 9.59 Å². The average Bonchev–Trinajstić information content (AvgIpc) is 3.54. The highest BCUT2D eigenvalue weighted by molar-refractivity contribution is 5.99. The highest BCUT2D eigenvalue weighted by Gasteiger charge is 2.44. The van der Waals surface area contributed by atoms with Gasteiger partial charge >= 0.3 is 0 Å². The van der Waals surface area contributed by atoms with E-state index < -0.39 is 5.66 Å². The Kier molecular flexibility index (Phi) is 5.98. The van der Waals surface area contributed by atoms with Gasteiger partial charge in [-0.25, -0.2) is 0 Å². The lowest BCUT2D eigenvalue weighted by atomic mass is 9.83. The minimum Gasteiger partial charge on any atom is -0.353 e. The number of aryl methyl sites for hydroxylation is 1. The first-order valence-electron chi connectivity index (χ1n) is 12.4. The van der Waals surface area contributed by atoms with Crippen LogP contribution in [0.2, 0.25) is 0 Å². The van der Waals surface area contributed by atoms with Crippen LogP contribution in [0.1, 0.15) is 55.9 Å². The maximum atomic E-state index is 13.4. The number of fused-ring (bicyclic) bond motifs is 1. The van der Waals surface area contributed by atoms with Gasteiger partial charge in [0.05, 0.1) is 11.6 Å². The Balaban J connectivity index is 1.27. The normalized spacial score (nSPS) is 29.3. The van der Waals surface area contributed by atoms with E-state index in [1.807, 2.05) is 66.5 Å². The monoisotopic (exact) mass is 461 g/mol. The minimum absolute atomic E-state index is 0.0337. The molecule has 2 aromatic heterocycles. The van der Waals surface area contributed by atoms with Crippen molar-refractivity contribution in [1.29, 1.82) is 0 Å². The Hall–Kier alpha value is -3.06. The van der Waals surface area contributed by atoms with Gasteiger partial charge in [-0.2, -0.15) is 0 Å². The van der Waals surface area contributed by atoms with Gasteiger partial charge in [0, 0.05) is 48.8 Å². The molecule has 2 saturated carbocycles. The first-order valence-corrected chi connectivity index (χ1v) is 12.4. The molecule has 3 aromatic rings. The average molecular weight is 462 g/mol. The zero-order valence-corrected chi connectivity index (χ0v) is 20.0. The zero-order valence-electron chi connectivity index (χ0n) is 20.0. The topological polar surface area (TPSA) is 94.1 Å². The molecule has 7 nitrogen and oxygen atoms in total. The van der Waals surface area contributed by atoms with Gasteiger partial charge in [0.1, 0.15) is 5.69 Å². The molecule has 0 bridgehead atoms. The second kappa shape index (κ2) is 8.95. The molecule has 0 saturated heterocycles. The molecule has 2 amide bonds. The molecule has 0 aliphatic heterocycles. The fourth-order valence-corrected chi connectivity index (χ4v) is 6.07. The molecule has 180 valence electrons.